The van der Waals surface area contributed by atoms with Crippen molar-refractivity contribution in [3.8, 4) is 5.75 Å². The van der Waals surface area contributed by atoms with Gasteiger partial charge in [-0.25, -0.2) is 4.79 Å². The fourth-order valence-electron chi connectivity index (χ4n) is 2.92. The van der Waals surface area contributed by atoms with Gasteiger partial charge < -0.3 is 19.7 Å². The van der Waals surface area contributed by atoms with Crippen molar-refractivity contribution in [3.63, 3.8) is 0 Å². The van der Waals surface area contributed by atoms with Crippen molar-refractivity contribution in [2.75, 3.05) is 20.2 Å². The van der Waals surface area contributed by atoms with E-state index in [2.05, 4.69) is 11.9 Å². The Morgan fingerprint density at radius 1 is 1.38 bits per heavy atom. The molecule has 1 N–H and O–H groups in total. The molecule has 2 amide bonds. The number of methoxy groups -OCH3 is 1. The number of rotatable bonds is 5. The third-order valence-corrected chi connectivity index (χ3v) is 4.14. The van der Waals surface area contributed by atoms with Gasteiger partial charge in [0.25, 0.3) is 0 Å². The molecule has 0 aliphatic carbocycles. The van der Waals surface area contributed by atoms with Crippen LogP contribution in [0.5, 0.6) is 5.75 Å². The maximum atomic E-state index is 12.6. The van der Waals surface area contributed by atoms with Crippen LogP contribution in [-0.4, -0.2) is 48.7 Å². The third kappa shape index (κ3) is 5.51. The van der Waals surface area contributed by atoms with Crippen molar-refractivity contribution in [2.45, 2.75) is 45.3 Å². The van der Waals surface area contributed by atoms with Crippen molar-refractivity contribution in [3.05, 3.63) is 35.9 Å². The van der Waals surface area contributed by atoms with E-state index in [1.165, 1.54) is 0 Å². The second-order valence-corrected chi connectivity index (χ2v) is 7.42. The van der Waals surface area contributed by atoms with Gasteiger partial charge in [-0.1, -0.05) is 18.7 Å². The molecule has 0 aromatic heterocycles. The Kier molecular flexibility index (Phi) is 6.29. The summed E-state index contributed by atoms with van der Waals surface area (Å²) in [4.78, 5) is 26.3. The van der Waals surface area contributed by atoms with Crippen LogP contribution in [0.25, 0.3) is 6.08 Å². The molecule has 6 heteroatoms. The number of nitrogens with zero attached hydrogens (tertiary/aromatic N) is 1. The molecule has 1 atom stereocenters. The van der Waals surface area contributed by atoms with E-state index in [0.717, 1.165) is 17.5 Å². The molecule has 2 rings (SSSR count). The predicted molar refractivity (Wildman–Crippen MR) is 101 cm³/mol. The highest BCUT2D eigenvalue weighted by molar-refractivity contribution is 5.80. The summed E-state index contributed by atoms with van der Waals surface area (Å²) in [5.41, 5.74) is 1.24. The first-order chi connectivity index (χ1) is 12.2. The number of alkyl carbamates (subject to hydrolysis) is 1. The first-order valence-corrected chi connectivity index (χ1v) is 8.78. The SMILES string of the molecule is C=Cc1ccc(OC)c(CC(=O)N2CC[C@H](NC(=O)OC(C)(C)C)C2)c1. The summed E-state index contributed by atoms with van der Waals surface area (Å²) < 4.78 is 10.6. The maximum Gasteiger partial charge on any atom is 0.407 e. The molecule has 1 aromatic carbocycles. The monoisotopic (exact) mass is 360 g/mol. The molecule has 0 spiro atoms. The highest BCUT2D eigenvalue weighted by Crippen LogP contribution is 2.22. The number of hydrogen-bond acceptors (Lipinski definition) is 4. The van der Waals surface area contributed by atoms with E-state index in [4.69, 9.17) is 9.47 Å². The lowest BCUT2D eigenvalue weighted by Crippen LogP contribution is -2.41. The smallest absolute Gasteiger partial charge is 0.407 e. The molecule has 1 heterocycles. The molecule has 0 radical (unpaired) electrons. The van der Waals surface area contributed by atoms with Crippen LogP contribution < -0.4 is 10.1 Å². The van der Waals surface area contributed by atoms with Crippen LogP contribution in [0.4, 0.5) is 4.79 Å². The van der Waals surface area contributed by atoms with E-state index >= 15 is 0 Å². The number of carbonyl (C=O) groups is 2. The van der Waals surface area contributed by atoms with Crippen LogP contribution in [0.3, 0.4) is 0 Å². The Hall–Kier alpha value is -2.50. The minimum Gasteiger partial charge on any atom is -0.496 e. The molecule has 1 fully saturated rings. The van der Waals surface area contributed by atoms with Crippen LogP contribution in [-0.2, 0) is 16.0 Å². The van der Waals surface area contributed by atoms with E-state index < -0.39 is 11.7 Å². The molecule has 26 heavy (non-hydrogen) atoms. The van der Waals surface area contributed by atoms with Gasteiger partial charge in [0.15, 0.2) is 0 Å². The van der Waals surface area contributed by atoms with Gasteiger partial charge in [0, 0.05) is 18.7 Å². The Labute approximate surface area is 155 Å². The fraction of sp³-hybridized carbons (Fsp3) is 0.500. The molecular formula is C20H28N2O4. The highest BCUT2D eigenvalue weighted by atomic mass is 16.6. The Balaban J connectivity index is 1.94. The molecule has 1 aliphatic heterocycles. The summed E-state index contributed by atoms with van der Waals surface area (Å²) in [6, 6.07) is 5.57. The minimum atomic E-state index is -0.537. The van der Waals surface area contributed by atoms with Crippen molar-refractivity contribution in [2.24, 2.45) is 0 Å². The summed E-state index contributed by atoms with van der Waals surface area (Å²) in [7, 11) is 1.59. The number of amides is 2. The number of carbonyl (C=O) groups excluding carboxylic acids is 2. The fourth-order valence-corrected chi connectivity index (χ4v) is 2.92. The Morgan fingerprint density at radius 3 is 2.73 bits per heavy atom. The number of benzene rings is 1. The predicted octanol–water partition coefficient (Wildman–Crippen LogP) is 3.01. The van der Waals surface area contributed by atoms with Crippen LogP contribution in [0, 0.1) is 0 Å². The number of hydrogen-bond donors (Lipinski definition) is 1. The van der Waals surface area contributed by atoms with Crippen molar-refractivity contribution >= 4 is 18.1 Å². The topological polar surface area (TPSA) is 67.9 Å². The van der Waals surface area contributed by atoms with Gasteiger partial charge >= 0.3 is 6.09 Å². The zero-order chi connectivity index (χ0) is 19.3. The van der Waals surface area contributed by atoms with Crippen LogP contribution in [0.1, 0.15) is 38.3 Å². The Bertz CT molecular complexity index is 679. The lowest BCUT2D eigenvalue weighted by Gasteiger charge is -2.22. The minimum absolute atomic E-state index is 0.0120. The second kappa shape index (κ2) is 8.25. The largest absolute Gasteiger partial charge is 0.496 e. The summed E-state index contributed by atoms with van der Waals surface area (Å²) >= 11 is 0. The van der Waals surface area contributed by atoms with E-state index in [-0.39, 0.29) is 18.4 Å². The zero-order valence-corrected chi connectivity index (χ0v) is 16.0. The maximum absolute atomic E-state index is 12.6. The average Bonchev–Trinajstić information content (AvgIpc) is 3.01. The van der Waals surface area contributed by atoms with Gasteiger partial charge in [-0.15, -0.1) is 0 Å². The molecule has 142 valence electrons. The average molecular weight is 360 g/mol. The summed E-state index contributed by atoms with van der Waals surface area (Å²) in [6.07, 6.45) is 2.26. The Morgan fingerprint density at radius 2 is 2.12 bits per heavy atom. The lowest BCUT2D eigenvalue weighted by atomic mass is 10.1. The molecular weight excluding hydrogens is 332 g/mol. The van der Waals surface area contributed by atoms with Gasteiger partial charge in [-0.05, 0) is 44.9 Å². The molecule has 0 unspecified atom stereocenters. The quantitative estimate of drug-likeness (QED) is 0.876. The van der Waals surface area contributed by atoms with E-state index in [1.807, 2.05) is 39.0 Å². The first kappa shape index (κ1) is 19.8. The van der Waals surface area contributed by atoms with Crippen LogP contribution >= 0.6 is 0 Å². The summed E-state index contributed by atoms with van der Waals surface area (Å²) in [6.45, 7) is 10.3. The number of likely N-dealkylation sites (tertiary alicyclic amines) is 1. The van der Waals surface area contributed by atoms with Gasteiger partial charge in [0.1, 0.15) is 11.4 Å². The van der Waals surface area contributed by atoms with Crippen molar-refractivity contribution in [1.29, 1.82) is 0 Å². The van der Waals surface area contributed by atoms with Crippen LogP contribution in [0.2, 0.25) is 0 Å². The van der Waals surface area contributed by atoms with Gasteiger partial charge in [-0.2, -0.15) is 0 Å². The van der Waals surface area contributed by atoms with Gasteiger partial charge in [0.2, 0.25) is 5.91 Å². The lowest BCUT2D eigenvalue weighted by molar-refractivity contribution is -0.129. The molecule has 1 aliphatic rings. The standard InChI is InChI=1S/C20H28N2O4/c1-6-14-7-8-17(25-5)15(11-14)12-18(23)22-10-9-16(13-22)21-19(24)26-20(2,3)4/h6-8,11,16H,1,9-10,12-13H2,2-5H3,(H,21,24)/t16-/m0/s1. The van der Waals surface area contributed by atoms with Crippen molar-refractivity contribution in [1.82, 2.24) is 10.2 Å². The van der Waals surface area contributed by atoms with Crippen LogP contribution in [0.15, 0.2) is 24.8 Å². The van der Waals surface area contributed by atoms with E-state index in [9.17, 15) is 9.59 Å². The van der Waals surface area contributed by atoms with Crippen molar-refractivity contribution < 1.29 is 19.1 Å². The summed E-state index contributed by atoms with van der Waals surface area (Å²) in [5.74, 6) is 0.699. The molecule has 1 saturated heterocycles. The molecule has 6 nitrogen and oxygen atoms in total. The van der Waals surface area contributed by atoms with E-state index in [1.54, 1.807) is 18.1 Å². The second-order valence-electron chi connectivity index (χ2n) is 7.42. The number of ether oxygens (including phenoxy) is 2. The first-order valence-electron chi connectivity index (χ1n) is 8.78. The molecule has 1 aromatic rings. The van der Waals surface area contributed by atoms with Gasteiger partial charge in [0.05, 0.1) is 19.6 Å². The molecule has 0 saturated carbocycles. The zero-order valence-electron chi connectivity index (χ0n) is 16.0. The highest BCUT2D eigenvalue weighted by Gasteiger charge is 2.29. The number of nitrogens with one attached hydrogen (secondary N) is 1. The summed E-state index contributed by atoms with van der Waals surface area (Å²) in [5, 5.41) is 2.83. The van der Waals surface area contributed by atoms with E-state index in [0.29, 0.717) is 18.8 Å². The van der Waals surface area contributed by atoms with Gasteiger partial charge in [-0.3, -0.25) is 4.79 Å². The molecule has 0 bridgehead atoms. The third-order valence-electron chi connectivity index (χ3n) is 4.14. The normalized spacial score (nSPS) is 16.9.